The van der Waals surface area contributed by atoms with Gasteiger partial charge in [-0.3, -0.25) is 0 Å². The molecule has 1 saturated heterocycles. The van der Waals surface area contributed by atoms with Gasteiger partial charge in [0.2, 0.25) is 0 Å². The van der Waals surface area contributed by atoms with Crippen molar-refractivity contribution < 1.29 is 47.0 Å². The molecule has 0 aromatic carbocycles. The third kappa shape index (κ3) is 4.21. The Bertz CT molecular complexity index is 198. The molecule has 0 bridgehead atoms. The first-order chi connectivity index (χ1) is 6.59. The van der Waals surface area contributed by atoms with Gasteiger partial charge in [-0.05, 0) is 0 Å². The van der Waals surface area contributed by atoms with E-state index in [1.165, 1.54) is 6.92 Å². The first-order valence-electron chi connectivity index (χ1n) is 4.70. The van der Waals surface area contributed by atoms with E-state index in [1.54, 1.807) is 6.92 Å². The van der Waals surface area contributed by atoms with E-state index < -0.39 is 25.0 Å². The molecule has 0 N–H and O–H groups in total. The van der Waals surface area contributed by atoms with Gasteiger partial charge in [0.15, 0.2) is 0 Å². The molecule has 78 valence electrons. The summed E-state index contributed by atoms with van der Waals surface area (Å²) in [5, 5.41) is 0. The molecule has 1 aliphatic rings. The van der Waals surface area contributed by atoms with E-state index >= 15 is 0 Å². The normalized spacial score (nSPS) is 32.1. The standard InChI is InChI=1S/C6H11O3.C2H4O2.Hg/c1-4-5(2)8-9-6(3)7-4;1-2(3)4;/h4-6H,1H2,2-3H3;1H3,(H,3,4);/q;;+1/p-1/t4-,5?,6-;;/m1../s1. The van der Waals surface area contributed by atoms with E-state index in [-0.39, 0.29) is 24.5 Å². The van der Waals surface area contributed by atoms with E-state index in [9.17, 15) is 4.79 Å². The van der Waals surface area contributed by atoms with Crippen molar-refractivity contribution in [2.24, 2.45) is 0 Å². The predicted molar refractivity (Wildman–Crippen MR) is 42.5 cm³/mol. The predicted octanol–water partition coefficient (Wildman–Crippen LogP) is 1.05. The molecule has 1 unspecified atom stereocenters. The van der Waals surface area contributed by atoms with Gasteiger partial charge in [0.25, 0.3) is 0 Å². The molecule has 0 radical (unpaired) electrons. The summed E-state index contributed by atoms with van der Waals surface area (Å²) in [6.45, 7) is 5.10. The van der Waals surface area contributed by atoms with Gasteiger partial charge in [-0.1, -0.05) is 0 Å². The molecule has 3 atom stereocenters. The summed E-state index contributed by atoms with van der Waals surface area (Å²) in [6, 6.07) is 0. The Kier molecular flexibility index (Phi) is 5.29. The summed E-state index contributed by atoms with van der Waals surface area (Å²) < 4.78 is 11.4. The summed E-state index contributed by atoms with van der Waals surface area (Å²) >= 11 is -1.56. The Morgan fingerprint density at radius 1 is 1.43 bits per heavy atom. The maximum absolute atomic E-state index is 10.6. The van der Waals surface area contributed by atoms with Crippen LogP contribution in [0.15, 0.2) is 0 Å². The second-order valence-corrected chi connectivity index (χ2v) is 8.22. The van der Waals surface area contributed by atoms with Gasteiger partial charge >= 0.3 is 96.1 Å². The third-order valence-electron chi connectivity index (χ3n) is 1.94. The van der Waals surface area contributed by atoms with E-state index in [0.717, 1.165) is 3.93 Å². The van der Waals surface area contributed by atoms with Gasteiger partial charge in [0.1, 0.15) is 0 Å². The van der Waals surface area contributed by atoms with Crippen LogP contribution in [0.1, 0.15) is 20.8 Å². The Hall–Kier alpha value is 0.285. The molecular formula is C8H14HgO5. The van der Waals surface area contributed by atoms with Crippen LogP contribution in [-0.2, 0) is 47.0 Å². The average Bonchev–Trinajstić information content (AvgIpc) is 2.10. The Labute approximate surface area is 96.1 Å². The third-order valence-corrected chi connectivity index (χ3v) is 7.44. The first-order valence-corrected chi connectivity index (χ1v) is 10.8. The SMILES string of the molecule is CC(=O)[O][Hg][CH2][C@H]1O[C@@H](C)OOC1C. The molecule has 1 heterocycles. The van der Waals surface area contributed by atoms with Crippen LogP contribution in [0, 0.1) is 0 Å². The summed E-state index contributed by atoms with van der Waals surface area (Å²) in [5.41, 5.74) is 0. The number of hydrogen-bond acceptors (Lipinski definition) is 5. The Morgan fingerprint density at radius 2 is 2.14 bits per heavy atom. The number of carbonyl (C=O) groups excluding carboxylic acids is 1. The number of rotatable bonds is 3. The second-order valence-electron chi connectivity index (χ2n) is 3.27. The molecule has 0 spiro atoms. The number of ether oxygens (including phenoxy) is 1. The van der Waals surface area contributed by atoms with Gasteiger partial charge < -0.3 is 0 Å². The molecule has 1 aliphatic heterocycles. The van der Waals surface area contributed by atoms with Crippen molar-refractivity contribution in [2.45, 2.75) is 43.2 Å². The molecule has 1 fully saturated rings. The average molecular weight is 391 g/mol. The van der Waals surface area contributed by atoms with Crippen LogP contribution in [0.4, 0.5) is 0 Å². The topological polar surface area (TPSA) is 54.0 Å². The van der Waals surface area contributed by atoms with Crippen LogP contribution in [0.2, 0.25) is 3.93 Å². The zero-order valence-corrected chi connectivity index (χ0v) is 14.2. The van der Waals surface area contributed by atoms with Crippen molar-refractivity contribution in [1.82, 2.24) is 0 Å². The van der Waals surface area contributed by atoms with Crippen molar-refractivity contribution in [3.63, 3.8) is 0 Å². The monoisotopic (exact) mass is 392 g/mol. The Morgan fingerprint density at radius 3 is 2.79 bits per heavy atom. The summed E-state index contributed by atoms with van der Waals surface area (Å²) in [7, 11) is 0. The minimum atomic E-state index is -1.56. The zero-order valence-electron chi connectivity index (χ0n) is 8.69. The first kappa shape index (κ1) is 12.4. The molecule has 0 aromatic heterocycles. The number of hydrogen-bond donors (Lipinski definition) is 0. The van der Waals surface area contributed by atoms with Crippen molar-refractivity contribution in [3.05, 3.63) is 0 Å². The van der Waals surface area contributed by atoms with Gasteiger partial charge in [0.05, 0.1) is 0 Å². The fourth-order valence-electron chi connectivity index (χ4n) is 1.23. The van der Waals surface area contributed by atoms with E-state index in [1.807, 2.05) is 6.92 Å². The van der Waals surface area contributed by atoms with Gasteiger partial charge in [-0.15, -0.1) is 0 Å². The fraction of sp³-hybridized carbons (Fsp3) is 0.875. The van der Waals surface area contributed by atoms with Gasteiger partial charge in [-0.25, -0.2) is 0 Å². The zero-order chi connectivity index (χ0) is 10.6. The molecule has 0 saturated carbocycles. The van der Waals surface area contributed by atoms with Gasteiger partial charge in [0, 0.05) is 0 Å². The summed E-state index contributed by atoms with van der Waals surface area (Å²) in [5.74, 6) is -0.180. The minimum absolute atomic E-state index is 0.0137. The summed E-state index contributed by atoms with van der Waals surface area (Å²) in [4.78, 5) is 20.4. The van der Waals surface area contributed by atoms with Crippen LogP contribution < -0.4 is 0 Å². The molecular weight excluding hydrogens is 377 g/mol. The fourth-order valence-corrected chi connectivity index (χ4v) is 6.06. The van der Waals surface area contributed by atoms with Crippen LogP contribution in [0.5, 0.6) is 0 Å². The quantitative estimate of drug-likeness (QED) is 0.532. The molecule has 0 aromatic rings. The molecule has 14 heavy (non-hydrogen) atoms. The summed E-state index contributed by atoms with van der Waals surface area (Å²) in [6.07, 6.45) is -0.400. The van der Waals surface area contributed by atoms with Crippen LogP contribution in [0.3, 0.4) is 0 Å². The van der Waals surface area contributed by atoms with E-state index in [2.05, 4.69) is 0 Å². The van der Waals surface area contributed by atoms with Crippen LogP contribution in [0.25, 0.3) is 0 Å². The molecule has 5 nitrogen and oxygen atoms in total. The van der Waals surface area contributed by atoms with Gasteiger partial charge in [-0.2, -0.15) is 0 Å². The van der Waals surface area contributed by atoms with Crippen LogP contribution in [-0.4, -0.2) is 24.5 Å². The molecule has 0 amide bonds. The number of carbonyl (C=O) groups is 1. The van der Waals surface area contributed by atoms with Crippen molar-refractivity contribution >= 4 is 5.97 Å². The van der Waals surface area contributed by atoms with Crippen molar-refractivity contribution in [1.29, 1.82) is 0 Å². The molecule has 0 aliphatic carbocycles. The molecule has 1 rings (SSSR count). The Balaban J connectivity index is 2.24. The molecule has 6 heteroatoms. The van der Waals surface area contributed by atoms with Crippen molar-refractivity contribution in [3.8, 4) is 0 Å². The van der Waals surface area contributed by atoms with E-state index in [4.69, 9.17) is 17.2 Å². The second kappa shape index (κ2) is 6.00. The van der Waals surface area contributed by atoms with Crippen molar-refractivity contribution in [2.75, 3.05) is 0 Å². The van der Waals surface area contributed by atoms with E-state index in [0.29, 0.717) is 0 Å². The maximum atomic E-state index is 10.6. The van der Waals surface area contributed by atoms with Crippen LogP contribution >= 0.6 is 0 Å².